The quantitative estimate of drug-likeness (QED) is 0.777. The van der Waals surface area contributed by atoms with E-state index >= 15 is 0 Å². The molecule has 1 unspecified atom stereocenters. The first-order valence-corrected chi connectivity index (χ1v) is 7.25. The van der Waals surface area contributed by atoms with Crippen molar-refractivity contribution in [1.29, 1.82) is 0 Å². The molecule has 0 saturated carbocycles. The SMILES string of the molecule is c1ccc(CC2SCC[C@@H]3OCC[C@@H]23)cc1. The van der Waals surface area contributed by atoms with Gasteiger partial charge in [-0.25, -0.2) is 0 Å². The molecule has 0 N–H and O–H groups in total. The van der Waals surface area contributed by atoms with Crippen molar-refractivity contribution >= 4 is 11.8 Å². The largest absolute Gasteiger partial charge is 0.378 e. The van der Waals surface area contributed by atoms with Crippen LogP contribution in [0.2, 0.25) is 0 Å². The highest BCUT2D eigenvalue weighted by Crippen LogP contribution is 2.39. The Kier molecular flexibility index (Phi) is 3.20. The molecule has 2 aliphatic heterocycles. The highest BCUT2D eigenvalue weighted by atomic mass is 32.2. The molecule has 1 aromatic carbocycles. The Morgan fingerprint density at radius 2 is 2.06 bits per heavy atom. The monoisotopic (exact) mass is 234 g/mol. The van der Waals surface area contributed by atoms with Crippen molar-refractivity contribution < 1.29 is 4.74 Å². The standard InChI is InChI=1S/C14H18OS/c1-2-4-11(5-3-1)10-14-12-6-8-15-13(12)7-9-16-14/h1-5,12-14H,6-10H2/t12-,13+,14?/m1/s1. The summed E-state index contributed by atoms with van der Waals surface area (Å²) in [4.78, 5) is 0. The molecule has 0 bridgehead atoms. The van der Waals surface area contributed by atoms with Gasteiger partial charge in [0.2, 0.25) is 0 Å². The van der Waals surface area contributed by atoms with Crippen molar-refractivity contribution in [2.45, 2.75) is 30.6 Å². The Bertz CT molecular complexity index is 338. The van der Waals surface area contributed by atoms with Gasteiger partial charge in [0.05, 0.1) is 6.10 Å². The van der Waals surface area contributed by atoms with E-state index in [1.807, 2.05) is 0 Å². The molecule has 1 nitrogen and oxygen atoms in total. The zero-order chi connectivity index (χ0) is 10.8. The Morgan fingerprint density at radius 1 is 1.19 bits per heavy atom. The maximum absolute atomic E-state index is 5.81. The molecular formula is C14H18OS. The summed E-state index contributed by atoms with van der Waals surface area (Å²) in [6, 6.07) is 10.9. The van der Waals surface area contributed by atoms with Gasteiger partial charge in [-0.2, -0.15) is 11.8 Å². The average molecular weight is 234 g/mol. The zero-order valence-corrected chi connectivity index (χ0v) is 10.3. The lowest BCUT2D eigenvalue weighted by atomic mass is 9.91. The van der Waals surface area contributed by atoms with Crippen molar-refractivity contribution in [2.24, 2.45) is 5.92 Å². The van der Waals surface area contributed by atoms with Gasteiger partial charge in [0.15, 0.2) is 0 Å². The lowest BCUT2D eigenvalue weighted by Gasteiger charge is -2.32. The summed E-state index contributed by atoms with van der Waals surface area (Å²) in [7, 11) is 0. The minimum absolute atomic E-state index is 0.565. The Balaban J connectivity index is 1.70. The van der Waals surface area contributed by atoms with Crippen molar-refractivity contribution in [3.05, 3.63) is 35.9 Å². The number of thioether (sulfide) groups is 1. The minimum atomic E-state index is 0.565. The molecule has 0 amide bonds. The van der Waals surface area contributed by atoms with E-state index in [9.17, 15) is 0 Å². The van der Waals surface area contributed by atoms with E-state index in [0.717, 1.165) is 17.8 Å². The van der Waals surface area contributed by atoms with Gasteiger partial charge in [-0.3, -0.25) is 0 Å². The molecule has 2 saturated heterocycles. The molecule has 0 aromatic heterocycles. The predicted octanol–water partition coefficient (Wildman–Crippen LogP) is 3.14. The third kappa shape index (κ3) is 2.14. The number of rotatable bonds is 2. The fourth-order valence-electron chi connectivity index (χ4n) is 2.90. The average Bonchev–Trinajstić information content (AvgIpc) is 2.80. The maximum Gasteiger partial charge on any atom is 0.0622 e. The maximum atomic E-state index is 5.81. The van der Waals surface area contributed by atoms with E-state index in [1.54, 1.807) is 0 Å². The van der Waals surface area contributed by atoms with Crippen molar-refractivity contribution in [2.75, 3.05) is 12.4 Å². The first-order chi connectivity index (χ1) is 7.93. The number of fused-ring (bicyclic) bond motifs is 1. The molecule has 3 rings (SSSR count). The van der Waals surface area contributed by atoms with Crippen LogP contribution < -0.4 is 0 Å². The lowest BCUT2D eigenvalue weighted by molar-refractivity contribution is 0.0850. The molecular weight excluding hydrogens is 216 g/mol. The number of benzene rings is 1. The van der Waals surface area contributed by atoms with E-state index in [1.165, 1.54) is 30.6 Å². The van der Waals surface area contributed by atoms with Gasteiger partial charge in [-0.1, -0.05) is 30.3 Å². The van der Waals surface area contributed by atoms with Crippen LogP contribution in [0.25, 0.3) is 0 Å². The fraction of sp³-hybridized carbons (Fsp3) is 0.571. The van der Waals surface area contributed by atoms with Crippen LogP contribution in [0.15, 0.2) is 30.3 Å². The normalized spacial score (nSPS) is 33.6. The van der Waals surface area contributed by atoms with Crippen LogP contribution >= 0.6 is 11.8 Å². The summed E-state index contributed by atoms with van der Waals surface area (Å²) < 4.78 is 5.81. The number of ether oxygens (including phenoxy) is 1. The van der Waals surface area contributed by atoms with Crippen LogP contribution in [0.5, 0.6) is 0 Å². The predicted molar refractivity (Wildman–Crippen MR) is 68.9 cm³/mol. The Labute approximate surface area is 102 Å². The fourth-order valence-corrected chi connectivity index (χ4v) is 4.44. The number of hydrogen-bond acceptors (Lipinski definition) is 2. The van der Waals surface area contributed by atoms with Crippen LogP contribution in [0.4, 0.5) is 0 Å². The van der Waals surface area contributed by atoms with Gasteiger partial charge in [-0.15, -0.1) is 0 Å². The molecule has 0 radical (unpaired) electrons. The van der Waals surface area contributed by atoms with Gasteiger partial charge in [0, 0.05) is 11.9 Å². The molecule has 2 aliphatic rings. The summed E-state index contributed by atoms with van der Waals surface area (Å²) in [5.74, 6) is 2.08. The molecule has 1 aromatic rings. The Morgan fingerprint density at radius 3 is 2.94 bits per heavy atom. The van der Waals surface area contributed by atoms with E-state index in [-0.39, 0.29) is 0 Å². The van der Waals surface area contributed by atoms with E-state index in [4.69, 9.17) is 4.74 Å². The highest BCUT2D eigenvalue weighted by Gasteiger charge is 2.37. The van der Waals surface area contributed by atoms with Crippen LogP contribution in [-0.2, 0) is 11.2 Å². The second-order valence-corrected chi connectivity index (χ2v) is 6.10. The molecule has 2 heteroatoms. The van der Waals surface area contributed by atoms with Crippen molar-refractivity contribution in [3.8, 4) is 0 Å². The summed E-state index contributed by atoms with van der Waals surface area (Å²) in [5, 5.41) is 0.781. The topological polar surface area (TPSA) is 9.23 Å². The molecule has 2 fully saturated rings. The van der Waals surface area contributed by atoms with Crippen molar-refractivity contribution in [3.63, 3.8) is 0 Å². The molecule has 2 heterocycles. The van der Waals surface area contributed by atoms with Crippen LogP contribution in [0.3, 0.4) is 0 Å². The summed E-state index contributed by atoms with van der Waals surface area (Å²) in [6.07, 6.45) is 4.32. The van der Waals surface area contributed by atoms with Gasteiger partial charge < -0.3 is 4.74 Å². The van der Waals surface area contributed by atoms with Crippen molar-refractivity contribution in [1.82, 2.24) is 0 Å². The van der Waals surface area contributed by atoms with Gasteiger partial charge in [0.1, 0.15) is 0 Å². The summed E-state index contributed by atoms with van der Waals surface area (Å²) in [5.41, 5.74) is 1.48. The molecule has 0 spiro atoms. The zero-order valence-electron chi connectivity index (χ0n) is 9.47. The van der Waals surface area contributed by atoms with E-state index in [0.29, 0.717) is 6.10 Å². The van der Waals surface area contributed by atoms with Crippen LogP contribution in [0, 0.1) is 5.92 Å². The lowest BCUT2D eigenvalue weighted by Crippen LogP contribution is -2.32. The first-order valence-electron chi connectivity index (χ1n) is 6.20. The van der Waals surface area contributed by atoms with Gasteiger partial charge in [0.25, 0.3) is 0 Å². The first kappa shape index (κ1) is 10.7. The minimum Gasteiger partial charge on any atom is -0.378 e. The molecule has 16 heavy (non-hydrogen) atoms. The second kappa shape index (κ2) is 4.80. The van der Waals surface area contributed by atoms with E-state index < -0.39 is 0 Å². The Hall–Kier alpha value is -0.470. The third-order valence-corrected chi connectivity index (χ3v) is 5.17. The number of hydrogen-bond donors (Lipinski definition) is 0. The summed E-state index contributed by atoms with van der Waals surface area (Å²) >= 11 is 2.15. The molecule has 3 atom stereocenters. The molecule has 86 valence electrons. The summed E-state index contributed by atoms with van der Waals surface area (Å²) in [6.45, 7) is 0.987. The van der Waals surface area contributed by atoms with Gasteiger partial charge in [-0.05, 0) is 36.5 Å². The van der Waals surface area contributed by atoms with Gasteiger partial charge >= 0.3 is 0 Å². The molecule has 0 aliphatic carbocycles. The third-order valence-electron chi connectivity index (χ3n) is 3.75. The van der Waals surface area contributed by atoms with Crippen LogP contribution in [-0.4, -0.2) is 23.7 Å². The second-order valence-electron chi connectivity index (χ2n) is 4.75. The smallest absolute Gasteiger partial charge is 0.0622 e. The van der Waals surface area contributed by atoms with E-state index in [2.05, 4.69) is 42.1 Å². The highest BCUT2D eigenvalue weighted by molar-refractivity contribution is 7.99. The van der Waals surface area contributed by atoms with Crippen LogP contribution in [0.1, 0.15) is 18.4 Å².